The highest BCUT2D eigenvalue weighted by Crippen LogP contribution is 2.21. The fraction of sp³-hybridized carbons (Fsp3) is 0.700. The molecular formula is C60H100N14O13. The van der Waals surface area contributed by atoms with Crippen LogP contribution < -0.4 is 71.2 Å². The quantitative estimate of drug-likeness (QED) is 0.0354. The van der Waals surface area contributed by atoms with Crippen LogP contribution in [0.2, 0.25) is 0 Å². The zero-order chi connectivity index (χ0) is 65.3. The molecule has 0 radical (unpaired) electrons. The van der Waals surface area contributed by atoms with Gasteiger partial charge in [-0.1, -0.05) is 59.1 Å². The van der Waals surface area contributed by atoms with Gasteiger partial charge in [0, 0.05) is 50.0 Å². The fourth-order valence-electron chi connectivity index (χ4n) is 10.0. The maximum atomic E-state index is 14.6. The summed E-state index contributed by atoms with van der Waals surface area (Å²) >= 11 is 0. The van der Waals surface area contributed by atoms with Crippen molar-refractivity contribution in [1.82, 2.24) is 42.5 Å². The number of carbonyl (C=O) groups is 11. The zero-order valence-corrected chi connectivity index (χ0v) is 51.7. The molecule has 1 aliphatic rings. The van der Waals surface area contributed by atoms with Crippen molar-refractivity contribution in [3.8, 4) is 6.07 Å². The first-order valence-corrected chi connectivity index (χ1v) is 30.6. The summed E-state index contributed by atoms with van der Waals surface area (Å²) in [4.78, 5) is 155. The van der Waals surface area contributed by atoms with E-state index in [0.29, 0.717) is 23.5 Å². The highest BCUT2D eigenvalue weighted by Gasteiger charge is 2.38. The molecule has 8 amide bonds. The number of nitrogens with one attached hydrogen (secondary N) is 8. The third kappa shape index (κ3) is 27.4. The maximum absolute atomic E-state index is 14.6. The number of unbranched alkanes of at least 4 members (excludes halogenated alkanes) is 1. The Labute approximate surface area is 511 Å². The summed E-state index contributed by atoms with van der Waals surface area (Å²) < 4.78 is 0. The molecule has 13 atom stereocenters. The van der Waals surface area contributed by atoms with Crippen LogP contribution in [-0.4, -0.2) is 169 Å². The smallest absolute Gasteiger partial charge is 0.245 e. The molecule has 0 aromatic heterocycles. The number of rotatable bonds is 31. The Hall–Kier alpha value is -6.80. The fourth-order valence-corrected chi connectivity index (χ4v) is 10.0. The predicted molar refractivity (Wildman–Crippen MR) is 324 cm³/mol. The number of benzene rings is 1. The van der Waals surface area contributed by atoms with Gasteiger partial charge in [0.15, 0.2) is 11.6 Å². The number of nitrogens with zero attached hydrogens (tertiary/aromatic N) is 1. The van der Waals surface area contributed by atoms with Gasteiger partial charge in [-0.3, -0.25) is 52.7 Å². The van der Waals surface area contributed by atoms with Crippen LogP contribution in [0.15, 0.2) is 24.3 Å². The minimum atomic E-state index is -1.68. The van der Waals surface area contributed by atoms with Gasteiger partial charge in [-0.25, -0.2) is 0 Å². The van der Waals surface area contributed by atoms with Gasteiger partial charge in [0.2, 0.25) is 47.3 Å². The van der Waals surface area contributed by atoms with Crippen molar-refractivity contribution < 1.29 is 63.0 Å². The largest absolute Gasteiger partial charge is 0.391 e. The lowest BCUT2D eigenvalue weighted by molar-refractivity contribution is -0.137. The third-order valence-electron chi connectivity index (χ3n) is 15.4. The van der Waals surface area contributed by atoms with Crippen molar-refractivity contribution in [2.45, 2.75) is 199 Å². The SMILES string of the molecule is CC[C@H](C)CCCCC(=O)C[C@@H](CCN)C(=O)N[C@H](C(=O)C[C@@H](CCN)C(=O)N[C@H]1CCNC(=O)[C@H]([C@@H](C)O)NC(=O)[C@H](CCN)NC(=O)[C@H](CCN)NC(=O)[C@H](CC(C)C)NC(=O)[C@@H](Cc2ccc(C#N)cc2)CC(=O)[C@H](CCN)NC1=O)[C@@H](C)O. The topological polar surface area (TPSA) is 478 Å². The number of Topliss-reactive ketones (excluding diaryl/α,β-unsaturated/α-hetero) is 3. The van der Waals surface area contributed by atoms with Crippen molar-refractivity contribution in [3.63, 3.8) is 0 Å². The Morgan fingerprint density at radius 3 is 1.72 bits per heavy atom. The van der Waals surface area contributed by atoms with E-state index < -0.39 is 157 Å². The van der Waals surface area contributed by atoms with E-state index in [1.165, 1.54) is 26.0 Å². The summed E-state index contributed by atoms with van der Waals surface area (Å²) in [6, 6.07) is -2.11. The molecule has 1 aromatic rings. The van der Waals surface area contributed by atoms with Crippen LogP contribution in [0.1, 0.15) is 149 Å². The molecule has 1 fully saturated rings. The first-order chi connectivity index (χ1) is 41.3. The minimum Gasteiger partial charge on any atom is -0.391 e. The van der Waals surface area contributed by atoms with Crippen LogP contribution in [-0.2, 0) is 59.2 Å². The molecule has 0 unspecified atom stereocenters. The monoisotopic (exact) mass is 1220 g/mol. The van der Waals surface area contributed by atoms with Gasteiger partial charge in [0.05, 0.1) is 29.9 Å². The molecule has 0 aliphatic carbocycles. The normalized spacial score (nSPS) is 22.7. The Balaban J connectivity index is 2.71. The standard InChI is InChI=1S/C60H100N14O13/c1-7-35(4)10-8-9-11-43(77)30-40(16-22-61)54(81)73-51(36(5)75)50(79)31-41(17-23-62)53(80)69-47-21-27-67-60(87)52(37(6)76)74-58(85)46(20-26-65)70-56(83)45(19-25-64)71-59(86)48(28-34(2)3)72-55(82)42(29-38-12-14-39(33-66)15-13-38)32-49(78)44(18-24-63)68-57(47)84/h12-15,34-37,40-42,44-48,51-52,75-76H,7-11,16-32,61-65H2,1-6H3,(H,67,87)(H,68,84)(H,69,80)(H,70,83)(H,71,86)(H,72,82)(H,73,81)(H,74,85)/t35-,36+,37+,40+,41+,42-,44-,45-,46-,47-,48-,51-,52-/m0/s1. The highest BCUT2D eigenvalue weighted by molar-refractivity contribution is 5.99. The molecule has 0 saturated carbocycles. The van der Waals surface area contributed by atoms with Crippen LogP contribution in [0, 0.1) is 40.9 Å². The van der Waals surface area contributed by atoms with E-state index in [1.807, 2.05) is 6.07 Å². The molecule has 1 heterocycles. The molecule has 1 aromatic carbocycles. The number of amides is 8. The van der Waals surface area contributed by atoms with E-state index in [2.05, 4.69) is 56.4 Å². The summed E-state index contributed by atoms with van der Waals surface area (Å²) in [5.74, 6) is -11.7. The van der Waals surface area contributed by atoms with Gasteiger partial charge in [-0.2, -0.15) is 5.26 Å². The van der Waals surface area contributed by atoms with E-state index >= 15 is 0 Å². The van der Waals surface area contributed by atoms with Gasteiger partial charge in [0.25, 0.3) is 0 Å². The van der Waals surface area contributed by atoms with Gasteiger partial charge in [0.1, 0.15) is 42.0 Å². The van der Waals surface area contributed by atoms with E-state index in [9.17, 15) is 68.2 Å². The Kier molecular flexibility index (Phi) is 35.6. The predicted octanol–water partition coefficient (Wildman–Crippen LogP) is -2.10. The average molecular weight is 1230 g/mol. The molecule has 27 nitrogen and oxygen atoms in total. The van der Waals surface area contributed by atoms with Gasteiger partial charge in [-0.15, -0.1) is 0 Å². The van der Waals surface area contributed by atoms with Gasteiger partial charge < -0.3 is 81.4 Å². The number of nitriles is 1. The van der Waals surface area contributed by atoms with E-state index in [4.69, 9.17) is 28.7 Å². The summed E-state index contributed by atoms with van der Waals surface area (Å²) in [5.41, 5.74) is 30.4. The van der Waals surface area contributed by atoms with Crippen molar-refractivity contribution in [2.75, 3.05) is 39.3 Å². The second-order valence-corrected chi connectivity index (χ2v) is 23.3. The number of aliphatic hydroxyl groups excluding tert-OH is 2. The lowest BCUT2D eigenvalue weighted by Crippen LogP contribution is -2.60. The number of carbonyl (C=O) groups excluding carboxylic acids is 11. The Bertz CT molecular complexity index is 2460. The minimum absolute atomic E-state index is 0.0435. The zero-order valence-electron chi connectivity index (χ0n) is 51.7. The third-order valence-corrected chi connectivity index (χ3v) is 15.4. The van der Waals surface area contributed by atoms with E-state index in [1.54, 1.807) is 26.0 Å². The van der Waals surface area contributed by atoms with E-state index in [0.717, 1.165) is 19.3 Å². The lowest BCUT2D eigenvalue weighted by Gasteiger charge is -2.28. The van der Waals surface area contributed by atoms with Gasteiger partial charge in [-0.05, 0) is 134 Å². The molecule has 1 saturated heterocycles. The van der Waals surface area contributed by atoms with Crippen LogP contribution in [0.25, 0.3) is 0 Å². The summed E-state index contributed by atoms with van der Waals surface area (Å²) in [5, 5.41) is 51.8. The molecule has 27 heteroatoms. The van der Waals surface area contributed by atoms with Crippen molar-refractivity contribution in [3.05, 3.63) is 35.4 Å². The Morgan fingerprint density at radius 2 is 1.20 bits per heavy atom. The molecular weight excluding hydrogens is 1120 g/mol. The maximum Gasteiger partial charge on any atom is 0.245 e. The first-order valence-electron chi connectivity index (χ1n) is 30.6. The van der Waals surface area contributed by atoms with Crippen LogP contribution >= 0.6 is 0 Å². The van der Waals surface area contributed by atoms with Crippen molar-refractivity contribution in [1.29, 1.82) is 5.26 Å². The molecule has 20 N–H and O–H groups in total. The summed E-state index contributed by atoms with van der Waals surface area (Å²) in [6.45, 7) is 9.28. The second-order valence-electron chi connectivity index (χ2n) is 23.3. The molecule has 0 bridgehead atoms. The van der Waals surface area contributed by atoms with Crippen LogP contribution in [0.3, 0.4) is 0 Å². The second kappa shape index (κ2) is 40.6. The number of nitrogens with two attached hydrogens (primary N) is 5. The average Bonchev–Trinajstić information content (AvgIpc) is 3.47. The molecule has 1 aliphatic heterocycles. The Morgan fingerprint density at radius 1 is 0.655 bits per heavy atom. The number of aliphatic hydroxyl groups is 2. The van der Waals surface area contributed by atoms with Crippen LogP contribution in [0.4, 0.5) is 0 Å². The molecule has 87 heavy (non-hydrogen) atoms. The van der Waals surface area contributed by atoms with Crippen LogP contribution in [0.5, 0.6) is 0 Å². The lowest BCUT2D eigenvalue weighted by atomic mass is 9.89. The number of hydrogen-bond donors (Lipinski definition) is 15. The molecule has 488 valence electrons. The van der Waals surface area contributed by atoms with Crippen molar-refractivity contribution >= 4 is 64.6 Å². The molecule has 2 rings (SSSR count). The number of ketones is 3. The number of hydrogen-bond acceptors (Lipinski definition) is 19. The first kappa shape index (κ1) is 76.3. The molecule has 0 spiro atoms. The summed E-state index contributed by atoms with van der Waals surface area (Å²) in [7, 11) is 0. The highest BCUT2D eigenvalue weighted by atomic mass is 16.3. The van der Waals surface area contributed by atoms with Crippen molar-refractivity contribution in [2.24, 2.45) is 58.3 Å². The summed E-state index contributed by atoms with van der Waals surface area (Å²) in [6.07, 6.45) is -1.67. The van der Waals surface area contributed by atoms with Gasteiger partial charge >= 0.3 is 0 Å². The van der Waals surface area contributed by atoms with E-state index in [-0.39, 0.29) is 102 Å².